The van der Waals surface area contributed by atoms with E-state index in [0.29, 0.717) is 22.9 Å². The fourth-order valence-electron chi connectivity index (χ4n) is 5.28. The number of nitrogens with two attached hydrogens (primary N) is 2. The van der Waals surface area contributed by atoms with Crippen LogP contribution in [0.2, 0.25) is 0 Å². The summed E-state index contributed by atoms with van der Waals surface area (Å²) in [6, 6.07) is 22.0. The van der Waals surface area contributed by atoms with Crippen molar-refractivity contribution in [3.8, 4) is 5.75 Å². The molecule has 206 valence electrons. The van der Waals surface area contributed by atoms with Crippen LogP contribution < -0.4 is 16.2 Å². The third-order valence-corrected chi connectivity index (χ3v) is 8.15. The Balaban J connectivity index is 1.15. The molecule has 0 spiro atoms. The molecule has 3 aromatic rings. The van der Waals surface area contributed by atoms with Crippen LogP contribution in [0, 0.1) is 5.92 Å². The Morgan fingerprint density at radius 3 is 2.56 bits per heavy atom. The minimum atomic E-state index is -0.469. The number of benzene rings is 3. The molecule has 0 aromatic heterocycles. The molecular formula is C33H40N2O3S. The average Bonchev–Trinajstić information content (AvgIpc) is 2.95. The summed E-state index contributed by atoms with van der Waals surface area (Å²) in [4.78, 5) is 12.7. The van der Waals surface area contributed by atoms with Gasteiger partial charge in [-0.15, -0.1) is 0 Å². The molecule has 1 saturated carbocycles. The van der Waals surface area contributed by atoms with Crippen LogP contribution in [0.1, 0.15) is 74.5 Å². The third kappa shape index (κ3) is 9.10. The lowest BCUT2D eigenvalue weighted by Gasteiger charge is -2.29. The first kappa shape index (κ1) is 28.6. The standard InChI is InChI=1S/C33H40N2O3S/c1-2-5-26-6-3-8-28(22-26)27-14-9-24(10-15-27)7-4-21-37-30-17-11-25(12-18-30)13-20-33(36)38-39-32-19-16-29(34)23-31(32)35/h9-20,23,26,28H,2-8,21-22,34-35H2,1H3/b20-13+. The van der Waals surface area contributed by atoms with Crippen LogP contribution in [0.25, 0.3) is 6.08 Å². The van der Waals surface area contributed by atoms with E-state index in [9.17, 15) is 4.79 Å². The first-order valence-corrected chi connectivity index (χ1v) is 14.8. The largest absolute Gasteiger partial charge is 0.494 e. The predicted octanol–water partition coefficient (Wildman–Crippen LogP) is 8.20. The summed E-state index contributed by atoms with van der Waals surface area (Å²) in [5, 5.41) is 0. The molecule has 6 heteroatoms. The third-order valence-electron chi connectivity index (χ3n) is 7.35. The molecule has 0 bridgehead atoms. The molecule has 1 aliphatic rings. The lowest BCUT2D eigenvalue weighted by molar-refractivity contribution is -0.127. The van der Waals surface area contributed by atoms with Gasteiger partial charge in [0, 0.05) is 11.8 Å². The van der Waals surface area contributed by atoms with Gasteiger partial charge < -0.3 is 20.4 Å². The summed E-state index contributed by atoms with van der Waals surface area (Å²) >= 11 is 0.918. The number of ether oxygens (including phenoxy) is 1. The lowest BCUT2D eigenvalue weighted by atomic mass is 9.76. The number of anilines is 2. The molecule has 1 fully saturated rings. The van der Waals surface area contributed by atoms with Gasteiger partial charge in [-0.05, 0) is 90.6 Å². The van der Waals surface area contributed by atoms with Crippen LogP contribution in [0.5, 0.6) is 5.75 Å². The SMILES string of the molecule is CCCC1CCCC(c2ccc(CCCOc3ccc(/C=C/C(=O)OSc4ccc(N)cc4N)cc3)cc2)C1. The van der Waals surface area contributed by atoms with E-state index in [4.69, 9.17) is 20.4 Å². The molecule has 5 nitrogen and oxygen atoms in total. The maximum Gasteiger partial charge on any atom is 0.343 e. The van der Waals surface area contributed by atoms with E-state index < -0.39 is 5.97 Å². The van der Waals surface area contributed by atoms with Crippen molar-refractivity contribution in [2.24, 2.45) is 5.92 Å². The van der Waals surface area contributed by atoms with E-state index in [1.54, 1.807) is 24.3 Å². The summed E-state index contributed by atoms with van der Waals surface area (Å²) in [5.74, 6) is 2.00. The van der Waals surface area contributed by atoms with Crippen LogP contribution in [-0.2, 0) is 15.4 Å². The van der Waals surface area contributed by atoms with Crippen molar-refractivity contribution in [2.75, 3.05) is 18.1 Å². The van der Waals surface area contributed by atoms with Gasteiger partial charge in [0.25, 0.3) is 0 Å². The smallest absolute Gasteiger partial charge is 0.343 e. The average molecular weight is 545 g/mol. The second-order valence-corrected chi connectivity index (χ2v) is 11.2. The van der Waals surface area contributed by atoms with E-state index in [0.717, 1.165) is 48.0 Å². The minimum Gasteiger partial charge on any atom is -0.494 e. The van der Waals surface area contributed by atoms with E-state index in [2.05, 4.69) is 31.2 Å². The van der Waals surface area contributed by atoms with E-state index in [1.807, 2.05) is 24.3 Å². The van der Waals surface area contributed by atoms with Gasteiger partial charge in [0.05, 0.1) is 29.2 Å². The topological polar surface area (TPSA) is 87.6 Å². The number of aryl methyl sites for hydroxylation is 1. The summed E-state index contributed by atoms with van der Waals surface area (Å²) in [7, 11) is 0. The Bertz CT molecular complexity index is 1220. The molecule has 3 aromatic carbocycles. The summed E-state index contributed by atoms with van der Waals surface area (Å²) in [6.45, 7) is 2.97. The molecule has 0 heterocycles. The van der Waals surface area contributed by atoms with Gasteiger partial charge in [0.1, 0.15) is 5.75 Å². The summed E-state index contributed by atoms with van der Waals surface area (Å²) < 4.78 is 11.1. The number of hydrogen-bond acceptors (Lipinski definition) is 6. The minimum absolute atomic E-state index is 0.469. The highest BCUT2D eigenvalue weighted by molar-refractivity contribution is 7.95. The molecule has 0 amide bonds. The molecule has 0 aliphatic heterocycles. The van der Waals surface area contributed by atoms with Crippen molar-refractivity contribution in [3.63, 3.8) is 0 Å². The molecule has 1 aliphatic carbocycles. The van der Waals surface area contributed by atoms with Crippen molar-refractivity contribution in [3.05, 3.63) is 89.5 Å². The molecule has 4 rings (SSSR count). The van der Waals surface area contributed by atoms with Crippen LogP contribution in [0.4, 0.5) is 11.4 Å². The molecule has 2 unspecified atom stereocenters. The van der Waals surface area contributed by atoms with Gasteiger partial charge in [0.15, 0.2) is 0 Å². The molecule has 2 atom stereocenters. The Kier molecular flexibility index (Phi) is 10.8. The first-order chi connectivity index (χ1) is 19.0. The van der Waals surface area contributed by atoms with Crippen molar-refractivity contribution >= 4 is 35.5 Å². The zero-order valence-corrected chi connectivity index (χ0v) is 23.6. The zero-order chi connectivity index (χ0) is 27.5. The van der Waals surface area contributed by atoms with Gasteiger partial charge in [-0.3, -0.25) is 0 Å². The van der Waals surface area contributed by atoms with Crippen molar-refractivity contribution < 1.29 is 13.7 Å². The van der Waals surface area contributed by atoms with E-state index >= 15 is 0 Å². The highest BCUT2D eigenvalue weighted by Gasteiger charge is 2.22. The second-order valence-electron chi connectivity index (χ2n) is 10.4. The van der Waals surface area contributed by atoms with Crippen molar-refractivity contribution in [2.45, 2.75) is 69.1 Å². The monoisotopic (exact) mass is 544 g/mol. The number of carbonyl (C=O) groups excluding carboxylic acids is 1. The Morgan fingerprint density at radius 1 is 1.03 bits per heavy atom. The van der Waals surface area contributed by atoms with E-state index in [-0.39, 0.29) is 0 Å². The fraction of sp³-hybridized carbons (Fsp3) is 0.364. The van der Waals surface area contributed by atoms with Gasteiger partial charge in [0.2, 0.25) is 0 Å². The normalized spacial score (nSPS) is 17.3. The highest BCUT2D eigenvalue weighted by Crippen LogP contribution is 2.38. The predicted molar refractivity (Wildman–Crippen MR) is 163 cm³/mol. The second kappa shape index (κ2) is 14.7. The van der Waals surface area contributed by atoms with Crippen LogP contribution in [0.3, 0.4) is 0 Å². The van der Waals surface area contributed by atoms with Gasteiger partial charge in [-0.25, -0.2) is 4.79 Å². The fourth-order valence-corrected chi connectivity index (χ4v) is 5.79. The van der Waals surface area contributed by atoms with Gasteiger partial charge >= 0.3 is 5.97 Å². The van der Waals surface area contributed by atoms with Crippen molar-refractivity contribution in [1.29, 1.82) is 0 Å². The Hall–Kier alpha value is -3.38. The van der Waals surface area contributed by atoms with Gasteiger partial charge in [-0.1, -0.05) is 69.0 Å². The number of nitrogen functional groups attached to an aromatic ring is 2. The first-order valence-electron chi connectivity index (χ1n) is 14.0. The number of hydrogen-bond donors (Lipinski definition) is 2. The van der Waals surface area contributed by atoms with Crippen molar-refractivity contribution in [1.82, 2.24) is 0 Å². The summed E-state index contributed by atoms with van der Waals surface area (Å²) in [5.41, 5.74) is 16.4. The summed E-state index contributed by atoms with van der Waals surface area (Å²) in [6.07, 6.45) is 13.2. The van der Waals surface area contributed by atoms with Gasteiger partial charge in [-0.2, -0.15) is 0 Å². The van der Waals surface area contributed by atoms with Crippen LogP contribution in [0.15, 0.2) is 77.7 Å². The Morgan fingerprint density at radius 2 is 1.82 bits per heavy atom. The molecular weight excluding hydrogens is 504 g/mol. The maximum absolute atomic E-state index is 12.0. The highest BCUT2D eigenvalue weighted by atomic mass is 32.2. The van der Waals surface area contributed by atoms with Crippen LogP contribution in [-0.4, -0.2) is 12.6 Å². The molecule has 0 radical (unpaired) electrons. The number of rotatable bonds is 12. The van der Waals surface area contributed by atoms with Crippen LogP contribution >= 0.6 is 12.0 Å². The number of carbonyl (C=O) groups is 1. The zero-order valence-electron chi connectivity index (χ0n) is 22.8. The lowest BCUT2D eigenvalue weighted by Crippen LogP contribution is -2.14. The maximum atomic E-state index is 12.0. The quantitative estimate of drug-likeness (QED) is 0.103. The molecule has 39 heavy (non-hydrogen) atoms. The Labute approximate surface area is 237 Å². The molecule has 0 saturated heterocycles. The molecule has 4 N–H and O–H groups in total. The van der Waals surface area contributed by atoms with E-state index in [1.165, 1.54) is 55.7 Å².